The molecule has 2 rings (SSSR count). The van der Waals surface area contributed by atoms with Gasteiger partial charge < -0.3 is 5.73 Å². The van der Waals surface area contributed by atoms with E-state index >= 15 is 0 Å². The summed E-state index contributed by atoms with van der Waals surface area (Å²) in [6.07, 6.45) is -9.52. The van der Waals surface area contributed by atoms with E-state index in [2.05, 4.69) is 0 Å². The van der Waals surface area contributed by atoms with Gasteiger partial charge in [0.25, 0.3) is 0 Å². The lowest BCUT2D eigenvalue weighted by molar-refractivity contribution is -0.192. The van der Waals surface area contributed by atoms with E-state index in [1.165, 1.54) is 18.2 Å². The molecule has 0 saturated carbocycles. The lowest BCUT2D eigenvalue weighted by atomic mass is 9.94. The Kier molecular flexibility index (Phi) is 8.14. The second-order valence-electron chi connectivity index (χ2n) is 7.99. The van der Waals surface area contributed by atoms with Crippen molar-refractivity contribution in [2.75, 3.05) is 6.54 Å². The van der Waals surface area contributed by atoms with Gasteiger partial charge in [0, 0.05) is 0 Å². The summed E-state index contributed by atoms with van der Waals surface area (Å²) < 4.78 is 82.4. The zero-order chi connectivity index (χ0) is 25.0. The summed E-state index contributed by atoms with van der Waals surface area (Å²) in [5.74, 6) is -1.18. The molecule has 0 fully saturated rings. The summed E-state index contributed by atoms with van der Waals surface area (Å²) in [7, 11) is 0. The highest BCUT2D eigenvalue weighted by molar-refractivity contribution is 5.80. The number of amides is 1. The van der Waals surface area contributed by atoms with Crippen LogP contribution in [0.1, 0.15) is 37.4 Å². The van der Waals surface area contributed by atoms with Crippen LogP contribution in [0, 0.1) is 17.2 Å². The van der Waals surface area contributed by atoms with Crippen LogP contribution in [0.4, 0.5) is 26.3 Å². The van der Waals surface area contributed by atoms with E-state index in [1.54, 1.807) is 19.9 Å². The molecule has 2 atom stereocenters. The predicted octanol–water partition coefficient (Wildman–Crippen LogP) is 5.70. The number of rotatable bonds is 8. The van der Waals surface area contributed by atoms with E-state index in [9.17, 15) is 31.1 Å². The lowest BCUT2D eigenvalue weighted by Gasteiger charge is -2.37. The molecule has 0 aliphatic carbocycles. The van der Waals surface area contributed by atoms with Gasteiger partial charge in [-0.3, -0.25) is 9.69 Å². The maximum absolute atomic E-state index is 14.1. The van der Waals surface area contributed by atoms with Crippen molar-refractivity contribution < 1.29 is 31.1 Å². The molecule has 10 heteroatoms. The van der Waals surface area contributed by atoms with Crippen molar-refractivity contribution in [1.29, 1.82) is 5.26 Å². The summed E-state index contributed by atoms with van der Waals surface area (Å²) in [5, 5.41) is 9.14. The van der Waals surface area contributed by atoms with Crippen LogP contribution in [0.5, 0.6) is 0 Å². The van der Waals surface area contributed by atoms with Crippen molar-refractivity contribution >= 4 is 5.91 Å². The molecule has 2 N–H and O–H groups in total. The van der Waals surface area contributed by atoms with Crippen LogP contribution in [0.2, 0.25) is 0 Å². The second kappa shape index (κ2) is 10.3. The summed E-state index contributed by atoms with van der Waals surface area (Å²) in [6, 6.07) is 7.11. The molecule has 1 amide bonds. The number of nitrogens with two attached hydrogens (primary N) is 1. The fourth-order valence-electron chi connectivity index (χ4n) is 3.72. The van der Waals surface area contributed by atoms with Crippen LogP contribution in [0.25, 0.3) is 11.1 Å². The SMILES string of the molecule is CC(C)C[C@@H](C(N)=O)N(CC#N)[C@@H](c1ccc(-c2ccccc2C(F)(F)F)cc1)C(F)(F)F. The Balaban J connectivity index is 2.56. The molecule has 0 radical (unpaired) electrons. The molecule has 0 unspecified atom stereocenters. The van der Waals surface area contributed by atoms with Crippen molar-refractivity contribution in [1.82, 2.24) is 4.90 Å². The van der Waals surface area contributed by atoms with Crippen molar-refractivity contribution in [2.45, 2.75) is 44.7 Å². The van der Waals surface area contributed by atoms with E-state index < -0.39 is 42.5 Å². The van der Waals surface area contributed by atoms with E-state index in [-0.39, 0.29) is 29.0 Å². The molecule has 0 saturated heterocycles. The molecule has 0 aliphatic rings. The first kappa shape index (κ1) is 26.2. The maximum Gasteiger partial charge on any atom is 0.417 e. The van der Waals surface area contributed by atoms with Crippen LogP contribution in [0.15, 0.2) is 48.5 Å². The Bertz CT molecular complexity index is 993. The number of carbonyl (C=O) groups excluding carboxylic acids is 1. The van der Waals surface area contributed by atoms with E-state index in [1.807, 2.05) is 0 Å². The van der Waals surface area contributed by atoms with E-state index in [4.69, 9.17) is 11.0 Å². The minimum Gasteiger partial charge on any atom is -0.368 e. The highest BCUT2D eigenvalue weighted by atomic mass is 19.4. The third-order valence-electron chi connectivity index (χ3n) is 5.09. The number of hydrogen-bond acceptors (Lipinski definition) is 3. The highest BCUT2D eigenvalue weighted by Gasteiger charge is 2.48. The van der Waals surface area contributed by atoms with Gasteiger partial charge in [-0.15, -0.1) is 0 Å². The number of alkyl halides is 6. The first-order valence-corrected chi connectivity index (χ1v) is 10.0. The largest absolute Gasteiger partial charge is 0.417 e. The van der Waals surface area contributed by atoms with Crippen molar-refractivity contribution in [2.24, 2.45) is 11.7 Å². The molecule has 0 bridgehead atoms. The van der Waals surface area contributed by atoms with Crippen molar-refractivity contribution in [3.8, 4) is 17.2 Å². The Morgan fingerprint density at radius 3 is 2.06 bits per heavy atom. The fourth-order valence-corrected chi connectivity index (χ4v) is 3.72. The molecule has 4 nitrogen and oxygen atoms in total. The molecule has 178 valence electrons. The van der Waals surface area contributed by atoms with Gasteiger partial charge in [0.2, 0.25) is 5.91 Å². The molecule has 33 heavy (non-hydrogen) atoms. The molecule has 0 aliphatic heterocycles. The second-order valence-corrected chi connectivity index (χ2v) is 7.99. The number of halogens is 6. The quantitative estimate of drug-likeness (QED) is 0.397. The normalized spacial score (nSPS) is 14.2. The average Bonchev–Trinajstić information content (AvgIpc) is 2.70. The lowest BCUT2D eigenvalue weighted by Crippen LogP contribution is -2.51. The maximum atomic E-state index is 14.1. The Morgan fingerprint density at radius 2 is 1.61 bits per heavy atom. The summed E-state index contributed by atoms with van der Waals surface area (Å²) in [6.45, 7) is 2.69. The minimum absolute atomic E-state index is 0.000630. The minimum atomic E-state index is -4.88. The van der Waals surface area contributed by atoms with Crippen LogP contribution in [-0.4, -0.2) is 29.6 Å². The molecular weight excluding hydrogens is 448 g/mol. The van der Waals surface area contributed by atoms with E-state index in [0.29, 0.717) is 4.90 Å². The monoisotopic (exact) mass is 471 g/mol. The van der Waals surface area contributed by atoms with Gasteiger partial charge in [-0.1, -0.05) is 56.3 Å². The van der Waals surface area contributed by atoms with Crippen LogP contribution >= 0.6 is 0 Å². The summed E-state index contributed by atoms with van der Waals surface area (Å²) >= 11 is 0. The summed E-state index contributed by atoms with van der Waals surface area (Å²) in [4.78, 5) is 12.7. The Hall–Kier alpha value is -3.06. The molecule has 0 aromatic heterocycles. The number of benzene rings is 2. The predicted molar refractivity (Wildman–Crippen MR) is 110 cm³/mol. The number of nitriles is 1. The van der Waals surface area contributed by atoms with Gasteiger partial charge in [0.15, 0.2) is 0 Å². The number of carbonyl (C=O) groups is 1. The van der Waals surface area contributed by atoms with Crippen LogP contribution < -0.4 is 5.73 Å². The Labute approximate surface area is 187 Å². The standard InChI is InChI=1S/C23H23F6N3O/c1-14(2)13-19(21(31)33)32(12-11-30)20(23(27,28)29)16-9-7-15(8-10-16)17-5-3-4-6-18(17)22(24,25)26/h3-10,14,19-20H,12-13H2,1-2H3,(H2,31,33)/t19-,20-/m0/s1. The molecule has 2 aromatic carbocycles. The van der Waals surface area contributed by atoms with E-state index in [0.717, 1.165) is 30.3 Å². The fraction of sp³-hybridized carbons (Fsp3) is 0.391. The third kappa shape index (κ3) is 6.48. The van der Waals surface area contributed by atoms with Crippen molar-refractivity contribution in [3.63, 3.8) is 0 Å². The number of hydrogen-bond donors (Lipinski definition) is 1. The number of primary amides is 1. The topological polar surface area (TPSA) is 70.1 Å². The number of nitrogens with zero attached hydrogens (tertiary/aromatic N) is 2. The first-order valence-electron chi connectivity index (χ1n) is 10.0. The zero-order valence-electron chi connectivity index (χ0n) is 17.9. The molecule has 0 spiro atoms. The van der Waals surface area contributed by atoms with Crippen LogP contribution in [0.3, 0.4) is 0 Å². The van der Waals surface area contributed by atoms with Crippen molar-refractivity contribution in [3.05, 3.63) is 59.7 Å². The van der Waals surface area contributed by atoms with Gasteiger partial charge in [0.1, 0.15) is 6.04 Å². The summed E-state index contributed by atoms with van der Waals surface area (Å²) in [5.41, 5.74) is 4.04. The molecule has 2 aromatic rings. The third-order valence-corrected chi connectivity index (χ3v) is 5.09. The average molecular weight is 471 g/mol. The van der Waals surface area contributed by atoms with Gasteiger partial charge in [0.05, 0.1) is 24.2 Å². The first-order chi connectivity index (χ1) is 15.3. The Morgan fingerprint density at radius 1 is 1.03 bits per heavy atom. The van der Waals surface area contributed by atoms with Crippen LogP contribution in [-0.2, 0) is 11.0 Å². The zero-order valence-corrected chi connectivity index (χ0v) is 17.9. The highest BCUT2D eigenvalue weighted by Crippen LogP contribution is 2.41. The smallest absolute Gasteiger partial charge is 0.368 e. The van der Waals surface area contributed by atoms with Gasteiger partial charge in [-0.25, -0.2) is 0 Å². The molecular formula is C23H23F6N3O. The molecule has 0 heterocycles. The van der Waals surface area contributed by atoms with Gasteiger partial charge >= 0.3 is 12.4 Å². The van der Waals surface area contributed by atoms with Gasteiger partial charge in [-0.05, 0) is 35.1 Å². The van der Waals surface area contributed by atoms with Gasteiger partial charge in [-0.2, -0.15) is 31.6 Å².